The van der Waals surface area contributed by atoms with Crippen molar-refractivity contribution in [2.75, 3.05) is 7.11 Å². The highest BCUT2D eigenvalue weighted by molar-refractivity contribution is 5.89. The highest BCUT2D eigenvalue weighted by Crippen LogP contribution is 2.41. The van der Waals surface area contributed by atoms with E-state index < -0.39 is 40.1 Å². The molecule has 5 nitrogen and oxygen atoms in total. The van der Waals surface area contributed by atoms with Gasteiger partial charge in [-0.2, -0.15) is 0 Å². The van der Waals surface area contributed by atoms with Gasteiger partial charge in [-0.15, -0.1) is 0 Å². The number of ether oxygens (including phenoxy) is 2. The Balaban J connectivity index is 1.86. The molecule has 3 aromatic carbocycles. The lowest BCUT2D eigenvalue weighted by Gasteiger charge is -2.30. The first kappa shape index (κ1) is 18.1. The van der Waals surface area contributed by atoms with Crippen LogP contribution in [-0.2, 0) is 6.42 Å². The van der Waals surface area contributed by atoms with Gasteiger partial charge in [-0.05, 0) is 35.0 Å². The molecule has 0 saturated carbocycles. The van der Waals surface area contributed by atoms with Crippen LogP contribution in [0.15, 0.2) is 42.5 Å². The van der Waals surface area contributed by atoms with Gasteiger partial charge >= 0.3 is 0 Å². The second-order valence-electron chi connectivity index (χ2n) is 6.51. The minimum Gasteiger partial charge on any atom is -0.497 e. The van der Waals surface area contributed by atoms with Crippen molar-refractivity contribution in [1.29, 1.82) is 0 Å². The Bertz CT molecular complexity index is 1100. The lowest BCUT2D eigenvalue weighted by atomic mass is 9.89. The average molecular weight is 389 g/mol. The zero-order chi connectivity index (χ0) is 20.0. The molecule has 2 unspecified atom stereocenters. The van der Waals surface area contributed by atoms with Crippen LogP contribution in [0, 0.1) is 27.6 Å². The number of rotatable bonds is 3. The topological polar surface area (TPSA) is 61.6 Å². The molecule has 8 heteroatoms. The first-order chi connectivity index (χ1) is 13.4. The Labute approximate surface area is 157 Å². The summed E-state index contributed by atoms with van der Waals surface area (Å²) in [7, 11) is 1.51. The van der Waals surface area contributed by atoms with Crippen molar-refractivity contribution in [2.45, 2.75) is 18.6 Å². The van der Waals surface area contributed by atoms with Crippen molar-refractivity contribution >= 4 is 10.8 Å². The molecular formula is C20H14F3NO4. The van der Waals surface area contributed by atoms with Gasteiger partial charge in [-0.25, -0.2) is 13.2 Å². The first-order valence-corrected chi connectivity index (χ1v) is 8.43. The van der Waals surface area contributed by atoms with E-state index in [1.807, 2.05) is 6.07 Å². The lowest BCUT2D eigenvalue weighted by molar-refractivity contribution is -0.535. The summed E-state index contributed by atoms with van der Waals surface area (Å²) in [6, 6.07) is 8.33. The van der Waals surface area contributed by atoms with E-state index in [1.54, 1.807) is 24.3 Å². The summed E-state index contributed by atoms with van der Waals surface area (Å²) >= 11 is 0. The van der Waals surface area contributed by atoms with Crippen LogP contribution in [0.1, 0.15) is 17.2 Å². The van der Waals surface area contributed by atoms with Gasteiger partial charge in [0.05, 0.1) is 7.11 Å². The number of methoxy groups -OCH3 is 1. The van der Waals surface area contributed by atoms with Crippen LogP contribution in [0.5, 0.6) is 11.5 Å². The number of nitro groups is 1. The maximum Gasteiger partial charge on any atom is 0.257 e. The highest BCUT2D eigenvalue weighted by Gasteiger charge is 2.42. The van der Waals surface area contributed by atoms with Crippen LogP contribution in [0.25, 0.3) is 10.8 Å². The monoisotopic (exact) mass is 389 g/mol. The fraction of sp³-hybridized carbons (Fsp3) is 0.200. The van der Waals surface area contributed by atoms with Gasteiger partial charge < -0.3 is 9.47 Å². The standard InChI is InChI=1S/C20H14F3NO4/c1-27-11-4-2-10-3-5-19-13(12(10)6-11)8-18(24(25)26)20(28-19)14-7-16(22)17(23)9-15(14)21/h2-7,9,18,20H,8H2,1H3. The van der Waals surface area contributed by atoms with Crippen molar-refractivity contribution in [3.05, 3.63) is 81.2 Å². The quantitative estimate of drug-likeness (QED) is 0.374. The summed E-state index contributed by atoms with van der Waals surface area (Å²) in [4.78, 5) is 11.1. The Hall–Kier alpha value is -3.29. The highest BCUT2D eigenvalue weighted by atomic mass is 19.2. The van der Waals surface area contributed by atoms with Gasteiger partial charge in [0.1, 0.15) is 17.3 Å². The summed E-state index contributed by atoms with van der Waals surface area (Å²) in [6.45, 7) is 0. The first-order valence-electron chi connectivity index (χ1n) is 8.43. The number of benzene rings is 3. The molecule has 3 aromatic rings. The zero-order valence-electron chi connectivity index (χ0n) is 14.6. The van der Waals surface area contributed by atoms with E-state index in [9.17, 15) is 23.3 Å². The van der Waals surface area contributed by atoms with E-state index >= 15 is 0 Å². The molecular weight excluding hydrogens is 375 g/mol. The van der Waals surface area contributed by atoms with Crippen LogP contribution in [0.3, 0.4) is 0 Å². The molecule has 0 radical (unpaired) electrons. The molecule has 0 aromatic heterocycles. The Morgan fingerprint density at radius 3 is 2.50 bits per heavy atom. The van der Waals surface area contributed by atoms with Gasteiger partial charge in [-0.1, -0.05) is 12.1 Å². The normalized spacial score (nSPS) is 18.4. The SMILES string of the molecule is COc1ccc2ccc3c(c2c1)CC([N+](=O)[O-])C(c1cc(F)c(F)cc1F)O3. The molecule has 2 atom stereocenters. The van der Waals surface area contributed by atoms with E-state index in [0.29, 0.717) is 34.6 Å². The molecule has 4 rings (SSSR count). The van der Waals surface area contributed by atoms with Crippen LogP contribution in [-0.4, -0.2) is 18.1 Å². The summed E-state index contributed by atoms with van der Waals surface area (Å²) in [5, 5.41) is 13.2. The van der Waals surface area contributed by atoms with Gasteiger partial charge in [0.25, 0.3) is 6.04 Å². The molecule has 0 saturated heterocycles. The molecule has 1 aliphatic rings. The molecule has 0 spiro atoms. The summed E-state index contributed by atoms with van der Waals surface area (Å²) in [5.41, 5.74) is 0.189. The van der Waals surface area contributed by atoms with Crippen LogP contribution >= 0.6 is 0 Å². The predicted octanol–water partition coefficient (Wildman–Crippen LogP) is 4.59. The average Bonchev–Trinajstić information content (AvgIpc) is 2.69. The third-order valence-corrected chi connectivity index (χ3v) is 4.93. The van der Waals surface area contributed by atoms with E-state index in [0.717, 1.165) is 5.39 Å². The summed E-state index contributed by atoms with van der Waals surface area (Å²) in [5.74, 6) is -2.86. The molecule has 1 heterocycles. The second-order valence-corrected chi connectivity index (χ2v) is 6.51. The van der Waals surface area contributed by atoms with E-state index in [4.69, 9.17) is 9.47 Å². The summed E-state index contributed by atoms with van der Waals surface area (Å²) < 4.78 is 52.1. The predicted molar refractivity (Wildman–Crippen MR) is 94.7 cm³/mol. The van der Waals surface area contributed by atoms with Crippen LogP contribution < -0.4 is 9.47 Å². The van der Waals surface area contributed by atoms with E-state index in [-0.39, 0.29) is 6.42 Å². The van der Waals surface area contributed by atoms with Gasteiger partial charge in [0.15, 0.2) is 17.7 Å². The molecule has 28 heavy (non-hydrogen) atoms. The largest absolute Gasteiger partial charge is 0.497 e. The molecule has 0 fully saturated rings. The molecule has 0 amide bonds. The molecule has 0 aliphatic carbocycles. The van der Waals surface area contributed by atoms with Crippen molar-refractivity contribution in [1.82, 2.24) is 0 Å². The molecule has 144 valence electrons. The van der Waals surface area contributed by atoms with Crippen molar-refractivity contribution in [2.24, 2.45) is 0 Å². The third-order valence-electron chi connectivity index (χ3n) is 4.93. The van der Waals surface area contributed by atoms with Gasteiger partial charge in [-0.3, -0.25) is 10.1 Å². The fourth-order valence-electron chi connectivity index (χ4n) is 3.53. The summed E-state index contributed by atoms with van der Waals surface area (Å²) in [6.07, 6.45) is -1.45. The Morgan fingerprint density at radius 1 is 1.07 bits per heavy atom. The van der Waals surface area contributed by atoms with Crippen molar-refractivity contribution < 1.29 is 27.6 Å². The number of hydrogen-bond donors (Lipinski definition) is 0. The van der Waals surface area contributed by atoms with Crippen LogP contribution in [0.2, 0.25) is 0 Å². The fourth-order valence-corrected chi connectivity index (χ4v) is 3.53. The van der Waals surface area contributed by atoms with E-state index in [1.165, 1.54) is 7.11 Å². The molecule has 0 bridgehead atoms. The maximum atomic E-state index is 14.3. The van der Waals surface area contributed by atoms with E-state index in [2.05, 4.69) is 0 Å². The third kappa shape index (κ3) is 2.90. The van der Waals surface area contributed by atoms with Crippen molar-refractivity contribution in [3.8, 4) is 11.5 Å². The van der Waals surface area contributed by atoms with Crippen LogP contribution in [0.4, 0.5) is 13.2 Å². The zero-order valence-corrected chi connectivity index (χ0v) is 14.6. The smallest absolute Gasteiger partial charge is 0.257 e. The number of hydrogen-bond acceptors (Lipinski definition) is 4. The lowest BCUT2D eigenvalue weighted by Crippen LogP contribution is -2.37. The Morgan fingerprint density at radius 2 is 1.79 bits per heavy atom. The number of halogens is 3. The molecule has 0 N–H and O–H groups in total. The number of fused-ring (bicyclic) bond motifs is 3. The Kier molecular flexibility index (Phi) is 4.33. The van der Waals surface area contributed by atoms with Gasteiger partial charge in [0.2, 0.25) is 0 Å². The number of nitrogens with zero attached hydrogens (tertiary/aromatic N) is 1. The minimum absolute atomic E-state index is 0.0596. The maximum absolute atomic E-state index is 14.3. The van der Waals surface area contributed by atoms with Crippen molar-refractivity contribution in [3.63, 3.8) is 0 Å². The molecule has 1 aliphatic heterocycles. The second kappa shape index (κ2) is 6.70. The minimum atomic E-state index is -1.39. The van der Waals surface area contributed by atoms with Gasteiger partial charge in [0, 0.05) is 28.5 Å².